The van der Waals surface area contributed by atoms with E-state index in [9.17, 15) is 4.79 Å². The van der Waals surface area contributed by atoms with E-state index >= 15 is 0 Å². The summed E-state index contributed by atoms with van der Waals surface area (Å²) in [5.41, 5.74) is 0. The Kier molecular flexibility index (Phi) is 3.10. The third-order valence-electron chi connectivity index (χ3n) is 2.62. The molecule has 0 saturated heterocycles. The first-order chi connectivity index (χ1) is 8.83. The number of amidine groups is 1. The van der Waals surface area contributed by atoms with Gasteiger partial charge in [-0.2, -0.15) is 0 Å². The molecule has 2 aliphatic rings. The van der Waals surface area contributed by atoms with Crippen molar-refractivity contribution in [2.24, 2.45) is 4.99 Å². The van der Waals surface area contributed by atoms with Crippen molar-refractivity contribution in [1.82, 2.24) is 5.32 Å². The Labute approximate surface area is 109 Å². The highest BCUT2D eigenvalue weighted by Gasteiger charge is 2.28. The zero-order valence-corrected chi connectivity index (χ0v) is 10.4. The third kappa shape index (κ3) is 2.28. The zero-order chi connectivity index (χ0) is 12.4. The smallest absolute Gasteiger partial charge is 0.270 e. The van der Waals surface area contributed by atoms with Crippen molar-refractivity contribution < 1.29 is 14.3 Å². The summed E-state index contributed by atoms with van der Waals surface area (Å²) in [7, 11) is 0. The number of aliphatic imine (C=N–C) groups is 1. The van der Waals surface area contributed by atoms with Gasteiger partial charge < -0.3 is 14.8 Å². The minimum Gasteiger partial charge on any atom is -0.485 e. The fraction of sp³-hybridized carbons (Fsp3) is 0.333. The molecule has 1 aromatic carbocycles. The van der Waals surface area contributed by atoms with Gasteiger partial charge in [-0.15, -0.1) is 0 Å². The van der Waals surface area contributed by atoms with Gasteiger partial charge in [-0.3, -0.25) is 9.79 Å². The molecule has 5 nitrogen and oxygen atoms in total. The number of para-hydroxylation sites is 2. The lowest BCUT2D eigenvalue weighted by molar-refractivity contribution is -0.128. The normalized spacial score (nSPS) is 21.3. The van der Waals surface area contributed by atoms with Crippen LogP contribution in [0.25, 0.3) is 0 Å². The summed E-state index contributed by atoms with van der Waals surface area (Å²) >= 11 is 1.54. The highest BCUT2D eigenvalue weighted by molar-refractivity contribution is 8.14. The van der Waals surface area contributed by atoms with Crippen molar-refractivity contribution >= 4 is 22.8 Å². The number of hydrogen-bond acceptors (Lipinski definition) is 5. The number of thioether (sulfide) groups is 1. The van der Waals surface area contributed by atoms with Crippen molar-refractivity contribution in [1.29, 1.82) is 0 Å². The summed E-state index contributed by atoms with van der Waals surface area (Å²) in [5.74, 6) is 1.98. The van der Waals surface area contributed by atoms with Crippen LogP contribution in [0.2, 0.25) is 0 Å². The van der Waals surface area contributed by atoms with Gasteiger partial charge in [-0.05, 0) is 12.1 Å². The van der Waals surface area contributed by atoms with E-state index in [2.05, 4.69) is 10.3 Å². The Balaban J connectivity index is 1.66. The molecule has 0 spiro atoms. The van der Waals surface area contributed by atoms with Gasteiger partial charge in [0, 0.05) is 5.75 Å². The Morgan fingerprint density at radius 2 is 2.22 bits per heavy atom. The summed E-state index contributed by atoms with van der Waals surface area (Å²) in [6.45, 7) is 0.978. The lowest BCUT2D eigenvalue weighted by Gasteiger charge is -2.25. The second-order valence-corrected chi connectivity index (χ2v) is 4.97. The molecular formula is C12H12N2O3S. The number of carbonyl (C=O) groups is 1. The number of ether oxygens (including phenoxy) is 2. The number of fused-ring (bicyclic) bond motifs is 1. The van der Waals surface area contributed by atoms with Gasteiger partial charge in [0.2, 0.25) is 6.10 Å². The van der Waals surface area contributed by atoms with Gasteiger partial charge in [-0.1, -0.05) is 23.9 Å². The Morgan fingerprint density at radius 1 is 1.39 bits per heavy atom. The van der Waals surface area contributed by atoms with E-state index in [0.717, 1.165) is 12.3 Å². The molecule has 94 valence electrons. The number of nitrogens with zero attached hydrogens (tertiary/aromatic N) is 1. The molecule has 0 aromatic heterocycles. The van der Waals surface area contributed by atoms with Gasteiger partial charge in [0.15, 0.2) is 16.7 Å². The Morgan fingerprint density at radius 3 is 3.00 bits per heavy atom. The minimum atomic E-state index is -0.621. The molecule has 1 amide bonds. The fourth-order valence-electron chi connectivity index (χ4n) is 1.75. The third-order valence-corrected chi connectivity index (χ3v) is 3.51. The molecule has 0 unspecified atom stereocenters. The first-order valence-corrected chi connectivity index (χ1v) is 6.68. The van der Waals surface area contributed by atoms with Crippen LogP contribution >= 0.6 is 11.8 Å². The van der Waals surface area contributed by atoms with Crippen molar-refractivity contribution in [3.8, 4) is 11.5 Å². The maximum Gasteiger partial charge on any atom is 0.270 e. The Bertz CT molecular complexity index is 504. The van der Waals surface area contributed by atoms with Crippen LogP contribution in [-0.4, -0.2) is 36.1 Å². The van der Waals surface area contributed by atoms with Gasteiger partial charge >= 0.3 is 0 Å². The second kappa shape index (κ2) is 4.89. The summed E-state index contributed by atoms with van der Waals surface area (Å²) in [4.78, 5) is 16.1. The number of benzene rings is 1. The van der Waals surface area contributed by atoms with E-state index < -0.39 is 6.10 Å². The summed E-state index contributed by atoms with van der Waals surface area (Å²) < 4.78 is 11.1. The maximum atomic E-state index is 12.0. The number of rotatable bonds is 1. The Hall–Kier alpha value is -1.69. The van der Waals surface area contributed by atoms with Gasteiger partial charge in [0.05, 0.1) is 6.54 Å². The zero-order valence-electron chi connectivity index (χ0n) is 9.59. The lowest BCUT2D eigenvalue weighted by Crippen LogP contribution is -2.45. The highest BCUT2D eigenvalue weighted by Crippen LogP contribution is 2.30. The molecule has 1 atom stereocenters. The van der Waals surface area contributed by atoms with Crippen LogP contribution in [0.15, 0.2) is 29.3 Å². The average Bonchev–Trinajstić information content (AvgIpc) is 2.91. The molecule has 1 aromatic rings. The standard InChI is InChI=1S/C12H12N2O3S/c15-11(14-12-13-5-6-18-12)10-7-16-8-3-1-2-4-9(8)17-10/h1-4,10H,5-7H2,(H,13,14,15)/t10-/m1/s1. The van der Waals surface area contributed by atoms with Crippen molar-refractivity contribution in [2.45, 2.75) is 6.10 Å². The van der Waals surface area contributed by atoms with E-state index in [0.29, 0.717) is 16.7 Å². The van der Waals surface area contributed by atoms with Crippen LogP contribution in [0.1, 0.15) is 0 Å². The van der Waals surface area contributed by atoms with E-state index in [1.807, 2.05) is 18.2 Å². The molecule has 2 aliphatic heterocycles. The first-order valence-electron chi connectivity index (χ1n) is 5.69. The number of carbonyl (C=O) groups excluding carboxylic acids is 1. The number of hydrogen-bond donors (Lipinski definition) is 1. The van der Waals surface area contributed by atoms with Gasteiger partial charge in [-0.25, -0.2) is 0 Å². The molecule has 0 radical (unpaired) electrons. The minimum absolute atomic E-state index is 0.211. The van der Waals surface area contributed by atoms with E-state index in [4.69, 9.17) is 9.47 Å². The second-order valence-electron chi connectivity index (χ2n) is 3.89. The van der Waals surface area contributed by atoms with Crippen LogP contribution in [0, 0.1) is 0 Å². The quantitative estimate of drug-likeness (QED) is 0.823. The van der Waals surface area contributed by atoms with E-state index in [-0.39, 0.29) is 12.5 Å². The van der Waals surface area contributed by atoms with Crippen LogP contribution in [0.3, 0.4) is 0 Å². The fourth-order valence-corrected chi connectivity index (χ4v) is 2.48. The molecular weight excluding hydrogens is 252 g/mol. The van der Waals surface area contributed by atoms with Gasteiger partial charge in [0.25, 0.3) is 5.91 Å². The number of nitrogens with one attached hydrogen (secondary N) is 1. The van der Waals surface area contributed by atoms with Crippen LogP contribution in [0.4, 0.5) is 0 Å². The van der Waals surface area contributed by atoms with Crippen LogP contribution < -0.4 is 14.8 Å². The van der Waals surface area contributed by atoms with Crippen molar-refractivity contribution in [3.63, 3.8) is 0 Å². The van der Waals surface area contributed by atoms with Crippen molar-refractivity contribution in [3.05, 3.63) is 24.3 Å². The topological polar surface area (TPSA) is 59.9 Å². The predicted molar refractivity (Wildman–Crippen MR) is 69.3 cm³/mol. The SMILES string of the molecule is O=C(NC1=NCCS1)[C@H]1COc2ccccc2O1. The summed E-state index contributed by atoms with van der Waals surface area (Å²) in [5, 5.41) is 3.42. The summed E-state index contributed by atoms with van der Waals surface area (Å²) in [6.07, 6.45) is -0.621. The monoisotopic (exact) mass is 264 g/mol. The molecule has 1 N–H and O–H groups in total. The maximum absolute atomic E-state index is 12.0. The summed E-state index contributed by atoms with van der Waals surface area (Å²) in [6, 6.07) is 7.32. The molecule has 0 aliphatic carbocycles. The molecule has 6 heteroatoms. The average molecular weight is 264 g/mol. The first kappa shape index (κ1) is 11.4. The van der Waals surface area contributed by atoms with E-state index in [1.54, 1.807) is 17.8 Å². The number of amides is 1. The van der Waals surface area contributed by atoms with Crippen LogP contribution in [0.5, 0.6) is 11.5 Å². The van der Waals surface area contributed by atoms with Gasteiger partial charge in [0.1, 0.15) is 6.61 Å². The molecule has 18 heavy (non-hydrogen) atoms. The van der Waals surface area contributed by atoms with E-state index in [1.165, 1.54) is 0 Å². The molecule has 0 fully saturated rings. The molecule has 2 heterocycles. The predicted octanol–water partition coefficient (Wildman–Crippen LogP) is 1.05. The largest absolute Gasteiger partial charge is 0.485 e. The molecule has 0 saturated carbocycles. The molecule has 3 rings (SSSR count). The van der Waals surface area contributed by atoms with Crippen molar-refractivity contribution in [2.75, 3.05) is 18.9 Å². The lowest BCUT2D eigenvalue weighted by atomic mass is 10.2. The van der Waals surface area contributed by atoms with Crippen LogP contribution in [-0.2, 0) is 4.79 Å². The molecule has 0 bridgehead atoms. The highest BCUT2D eigenvalue weighted by atomic mass is 32.2.